The number of carbonyl (C=O) groups excluding carboxylic acids is 3. The van der Waals surface area contributed by atoms with Crippen LogP contribution in [0.2, 0.25) is 0 Å². The second-order valence-corrected chi connectivity index (χ2v) is 10.1. The average Bonchev–Trinajstić information content (AvgIpc) is 2.76. The molecule has 0 aliphatic heterocycles. The zero-order valence-corrected chi connectivity index (χ0v) is 22.7. The first kappa shape index (κ1) is 28.2. The molecule has 0 radical (unpaired) electrons. The van der Waals surface area contributed by atoms with Gasteiger partial charge in [0.25, 0.3) is 5.91 Å². The zero-order valence-electron chi connectivity index (χ0n) is 21.9. The van der Waals surface area contributed by atoms with Crippen LogP contribution in [0.3, 0.4) is 0 Å². The number of aryl methyl sites for hydroxylation is 3. The summed E-state index contributed by atoms with van der Waals surface area (Å²) in [6.45, 7) is 13.0. The minimum Gasteiger partial charge on any atom is -0.444 e. The molecule has 2 unspecified atom stereocenters. The van der Waals surface area contributed by atoms with Crippen molar-refractivity contribution >= 4 is 36.2 Å². The van der Waals surface area contributed by atoms with Gasteiger partial charge in [-0.05, 0) is 76.3 Å². The van der Waals surface area contributed by atoms with Crippen LogP contribution >= 0.6 is 12.6 Å². The second kappa shape index (κ2) is 11.6. The van der Waals surface area contributed by atoms with Crippen LogP contribution in [0.15, 0.2) is 36.4 Å². The quantitative estimate of drug-likeness (QED) is 0.474. The maximum absolute atomic E-state index is 13.7. The lowest BCUT2D eigenvalue weighted by molar-refractivity contribution is -0.138. The SMILES string of the molecule is Cc1cccc(C(C(=O)Nc2c(C)cccc2C)N(C)C(=O)C(CS)NC(=O)OC(C)(C)C)c1C. The topological polar surface area (TPSA) is 87.7 Å². The number of hydrogen-bond acceptors (Lipinski definition) is 5. The largest absolute Gasteiger partial charge is 0.444 e. The number of anilines is 1. The molecule has 0 saturated carbocycles. The van der Waals surface area contributed by atoms with E-state index in [2.05, 4.69) is 23.3 Å². The summed E-state index contributed by atoms with van der Waals surface area (Å²) in [5, 5.41) is 5.61. The summed E-state index contributed by atoms with van der Waals surface area (Å²) in [6.07, 6.45) is -0.721. The molecule has 0 heterocycles. The molecule has 7 nitrogen and oxygen atoms in total. The molecule has 0 aromatic heterocycles. The fourth-order valence-corrected chi connectivity index (χ4v) is 4.05. The Morgan fingerprint density at radius 2 is 1.51 bits per heavy atom. The van der Waals surface area contributed by atoms with Crippen LogP contribution in [-0.4, -0.2) is 47.3 Å². The van der Waals surface area contributed by atoms with E-state index in [4.69, 9.17) is 4.74 Å². The number of carbonyl (C=O) groups is 3. The molecule has 0 aliphatic rings. The fraction of sp³-hybridized carbons (Fsp3) is 0.444. The number of likely N-dealkylation sites (N-methyl/N-ethyl adjacent to an activating group) is 1. The minimum atomic E-state index is -0.973. The second-order valence-electron chi connectivity index (χ2n) is 9.78. The van der Waals surface area contributed by atoms with E-state index in [0.717, 1.165) is 22.3 Å². The van der Waals surface area contributed by atoms with Gasteiger partial charge in [-0.15, -0.1) is 0 Å². The third-order valence-electron chi connectivity index (χ3n) is 5.83. The predicted octanol–water partition coefficient (Wildman–Crippen LogP) is 4.88. The van der Waals surface area contributed by atoms with Gasteiger partial charge in [-0.2, -0.15) is 12.6 Å². The Hall–Kier alpha value is -3.00. The average molecular weight is 500 g/mol. The number of hydrogen-bond donors (Lipinski definition) is 3. The summed E-state index contributed by atoms with van der Waals surface area (Å²) in [7, 11) is 1.56. The standard InChI is InChI=1S/C27H37N3O4S/c1-16-11-10-14-20(19(16)4)23(24(31)29-22-17(2)12-9-13-18(22)3)30(8)25(32)21(15-35)28-26(33)34-27(5,6)7/h9-14,21,23,35H,15H2,1-8H3,(H,28,33)(H,29,31). The zero-order chi connectivity index (χ0) is 26.5. The first-order valence-corrected chi connectivity index (χ1v) is 12.2. The molecular formula is C27H37N3O4S. The Kier molecular flexibility index (Phi) is 9.38. The van der Waals surface area contributed by atoms with Crippen LogP contribution in [0.1, 0.15) is 54.6 Å². The van der Waals surface area contributed by atoms with E-state index in [0.29, 0.717) is 11.3 Å². The van der Waals surface area contributed by atoms with Crippen molar-refractivity contribution in [3.05, 3.63) is 64.2 Å². The van der Waals surface area contributed by atoms with Crippen molar-refractivity contribution in [2.75, 3.05) is 18.1 Å². The predicted molar refractivity (Wildman–Crippen MR) is 143 cm³/mol. The van der Waals surface area contributed by atoms with Gasteiger partial charge in [-0.25, -0.2) is 4.79 Å². The first-order chi connectivity index (χ1) is 16.3. The highest BCUT2D eigenvalue weighted by Gasteiger charge is 2.34. The van der Waals surface area contributed by atoms with E-state index in [1.807, 2.05) is 64.1 Å². The van der Waals surface area contributed by atoms with Crippen LogP contribution in [-0.2, 0) is 14.3 Å². The lowest BCUT2D eigenvalue weighted by Gasteiger charge is -2.32. The summed E-state index contributed by atoms with van der Waals surface area (Å²) in [4.78, 5) is 40.9. The van der Waals surface area contributed by atoms with Gasteiger partial charge in [0, 0.05) is 18.5 Å². The number of ether oxygens (including phenoxy) is 1. The van der Waals surface area contributed by atoms with Crippen LogP contribution in [0.25, 0.3) is 0 Å². The third kappa shape index (κ3) is 7.24. The van der Waals surface area contributed by atoms with E-state index in [9.17, 15) is 14.4 Å². The van der Waals surface area contributed by atoms with E-state index in [1.54, 1.807) is 27.8 Å². The molecule has 3 amide bonds. The number of nitrogens with one attached hydrogen (secondary N) is 2. The van der Waals surface area contributed by atoms with Gasteiger partial charge in [0.2, 0.25) is 5.91 Å². The molecule has 2 aromatic carbocycles. The fourth-order valence-electron chi connectivity index (χ4n) is 3.81. The van der Waals surface area contributed by atoms with Crippen molar-refractivity contribution in [3.8, 4) is 0 Å². The van der Waals surface area contributed by atoms with E-state index in [-0.39, 0.29) is 11.7 Å². The van der Waals surface area contributed by atoms with Gasteiger partial charge in [0.05, 0.1) is 0 Å². The van der Waals surface area contributed by atoms with Crippen LogP contribution in [0, 0.1) is 27.7 Å². The number of nitrogens with zero attached hydrogens (tertiary/aromatic N) is 1. The van der Waals surface area contributed by atoms with Gasteiger partial charge in [-0.3, -0.25) is 9.59 Å². The van der Waals surface area contributed by atoms with Crippen LogP contribution < -0.4 is 10.6 Å². The summed E-state index contributed by atoms with van der Waals surface area (Å²) in [6, 6.07) is 9.54. The number of benzene rings is 2. The Morgan fingerprint density at radius 1 is 0.971 bits per heavy atom. The van der Waals surface area contributed by atoms with Crippen molar-refractivity contribution in [1.82, 2.24) is 10.2 Å². The molecule has 2 aromatic rings. The summed E-state index contributed by atoms with van der Waals surface area (Å²) >= 11 is 4.27. The van der Waals surface area contributed by atoms with Crippen molar-refractivity contribution in [1.29, 1.82) is 0 Å². The lowest BCUT2D eigenvalue weighted by Crippen LogP contribution is -2.52. The molecule has 2 atom stereocenters. The maximum Gasteiger partial charge on any atom is 0.408 e. The smallest absolute Gasteiger partial charge is 0.408 e. The van der Waals surface area contributed by atoms with Gasteiger partial charge in [0.1, 0.15) is 17.7 Å². The van der Waals surface area contributed by atoms with E-state index >= 15 is 0 Å². The molecule has 0 aliphatic carbocycles. The third-order valence-corrected chi connectivity index (χ3v) is 6.19. The molecule has 0 bridgehead atoms. The summed E-state index contributed by atoms with van der Waals surface area (Å²) in [5.41, 5.74) is 4.47. The molecule has 8 heteroatoms. The number of para-hydroxylation sites is 1. The maximum atomic E-state index is 13.7. The van der Waals surface area contributed by atoms with Crippen molar-refractivity contribution in [3.63, 3.8) is 0 Å². The molecule has 0 saturated heterocycles. The molecule has 35 heavy (non-hydrogen) atoms. The number of rotatable bonds is 7. The van der Waals surface area contributed by atoms with Crippen molar-refractivity contribution in [2.24, 2.45) is 0 Å². The van der Waals surface area contributed by atoms with Crippen LogP contribution in [0.4, 0.5) is 10.5 Å². The van der Waals surface area contributed by atoms with Gasteiger partial charge < -0.3 is 20.3 Å². The Morgan fingerprint density at radius 3 is 2.06 bits per heavy atom. The molecule has 0 fully saturated rings. The highest BCUT2D eigenvalue weighted by atomic mass is 32.1. The first-order valence-electron chi connectivity index (χ1n) is 11.6. The lowest BCUT2D eigenvalue weighted by atomic mass is 9.95. The highest BCUT2D eigenvalue weighted by Crippen LogP contribution is 2.29. The Bertz CT molecular complexity index is 1070. The molecule has 190 valence electrons. The normalized spacial score (nSPS) is 12.9. The van der Waals surface area contributed by atoms with Crippen molar-refractivity contribution < 1.29 is 19.1 Å². The van der Waals surface area contributed by atoms with E-state index < -0.39 is 29.7 Å². The van der Waals surface area contributed by atoms with E-state index in [1.165, 1.54) is 4.90 Å². The monoisotopic (exact) mass is 499 g/mol. The molecular weight excluding hydrogens is 462 g/mol. The minimum absolute atomic E-state index is 0.0421. The number of amides is 3. The molecule has 2 N–H and O–H groups in total. The Balaban J connectivity index is 2.43. The number of thiol groups is 1. The molecule has 2 rings (SSSR count). The van der Waals surface area contributed by atoms with Crippen LogP contribution in [0.5, 0.6) is 0 Å². The summed E-state index contributed by atoms with van der Waals surface area (Å²) in [5.74, 6) is -0.754. The van der Waals surface area contributed by atoms with Crippen molar-refractivity contribution in [2.45, 2.75) is 66.2 Å². The summed E-state index contributed by atoms with van der Waals surface area (Å²) < 4.78 is 5.30. The van der Waals surface area contributed by atoms with Gasteiger partial charge in [-0.1, -0.05) is 36.4 Å². The number of alkyl carbamates (subject to hydrolysis) is 1. The van der Waals surface area contributed by atoms with Gasteiger partial charge in [0.15, 0.2) is 0 Å². The molecule has 0 spiro atoms. The Labute approximate surface area is 214 Å². The highest BCUT2D eigenvalue weighted by molar-refractivity contribution is 7.80. The van der Waals surface area contributed by atoms with Gasteiger partial charge >= 0.3 is 6.09 Å².